The average molecular weight is 386 g/mol. The van der Waals surface area contributed by atoms with Crippen molar-refractivity contribution in [1.29, 1.82) is 0 Å². The second-order valence-corrected chi connectivity index (χ2v) is 7.58. The van der Waals surface area contributed by atoms with Crippen LogP contribution in [0.3, 0.4) is 0 Å². The molecule has 3 rings (SSSR count). The van der Waals surface area contributed by atoms with Crippen molar-refractivity contribution in [2.24, 2.45) is 5.92 Å². The Balaban J connectivity index is 1.78. The number of benzene rings is 2. The highest BCUT2D eigenvalue weighted by atomic mass is 35.5. The number of rotatable bonds is 5. The van der Waals surface area contributed by atoms with Crippen molar-refractivity contribution in [3.8, 4) is 0 Å². The maximum absolute atomic E-state index is 13.1. The van der Waals surface area contributed by atoms with Gasteiger partial charge >= 0.3 is 0 Å². The second-order valence-electron chi connectivity index (χ2n) is 7.14. The van der Waals surface area contributed by atoms with Crippen LogP contribution in [-0.4, -0.2) is 36.0 Å². The molecule has 142 valence electrons. The van der Waals surface area contributed by atoms with E-state index in [4.69, 9.17) is 11.6 Å². The van der Waals surface area contributed by atoms with Gasteiger partial charge in [-0.1, -0.05) is 55.8 Å². The lowest BCUT2D eigenvalue weighted by atomic mass is 9.97. The number of hydrazine groups is 1. The summed E-state index contributed by atoms with van der Waals surface area (Å²) in [7, 11) is 1.89. The maximum Gasteiger partial charge on any atom is 0.265 e. The van der Waals surface area contributed by atoms with E-state index in [0.29, 0.717) is 5.02 Å². The van der Waals surface area contributed by atoms with E-state index in [1.165, 1.54) is 0 Å². The molecule has 0 bridgehead atoms. The molecule has 2 aromatic carbocycles. The fraction of sp³-hybridized carbons (Fsp3) is 0.333. The predicted octanol–water partition coefficient (Wildman–Crippen LogP) is 3.29. The molecule has 1 aliphatic rings. The van der Waals surface area contributed by atoms with Crippen molar-refractivity contribution in [2.45, 2.75) is 32.4 Å². The predicted molar refractivity (Wildman–Crippen MR) is 107 cm³/mol. The quantitative estimate of drug-likeness (QED) is 0.859. The number of para-hydroxylation sites is 1. The van der Waals surface area contributed by atoms with Crippen molar-refractivity contribution >= 4 is 29.1 Å². The molecule has 1 fully saturated rings. The molecule has 27 heavy (non-hydrogen) atoms. The average Bonchev–Trinajstić information content (AvgIpc) is 2.88. The highest BCUT2D eigenvalue weighted by Crippen LogP contribution is 2.29. The molecule has 2 atom stereocenters. The van der Waals surface area contributed by atoms with Crippen LogP contribution in [0.4, 0.5) is 5.69 Å². The molecular weight excluding hydrogens is 362 g/mol. The van der Waals surface area contributed by atoms with E-state index in [1.807, 2.05) is 54.5 Å². The zero-order valence-electron chi connectivity index (χ0n) is 15.7. The minimum atomic E-state index is -0.588. The van der Waals surface area contributed by atoms with Gasteiger partial charge in [-0.3, -0.25) is 9.59 Å². The van der Waals surface area contributed by atoms with E-state index in [1.54, 1.807) is 17.1 Å². The van der Waals surface area contributed by atoms with Gasteiger partial charge in [-0.2, -0.15) is 0 Å². The van der Waals surface area contributed by atoms with E-state index in [-0.39, 0.29) is 30.2 Å². The topological polar surface area (TPSA) is 52.7 Å². The van der Waals surface area contributed by atoms with Gasteiger partial charge in [0.1, 0.15) is 6.04 Å². The molecule has 0 saturated carbocycles. The fourth-order valence-electron chi connectivity index (χ4n) is 3.64. The lowest BCUT2D eigenvalue weighted by Gasteiger charge is -2.30. The summed E-state index contributed by atoms with van der Waals surface area (Å²) >= 11 is 5.89. The van der Waals surface area contributed by atoms with Crippen LogP contribution in [0.25, 0.3) is 0 Å². The van der Waals surface area contributed by atoms with E-state index in [9.17, 15) is 9.59 Å². The van der Waals surface area contributed by atoms with Crippen molar-refractivity contribution in [3.63, 3.8) is 0 Å². The van der Waals surface area contributed by atoms with Crippen molar-refractivity contribution in [1.82, 2.24) is 10.3 Å². The summed E-state index contributed by atoms with van der Waals surface area (Å²) in [5.41, 5.74) is 1.65. The standard InChI is InChI=1S/C21H24ClN3O2/c1-14(2)20-19(23-18(26)13-15-9-11-16(22)12-10-15)21(27)25(24(20)3)17-7-5-4-6-8-17/h4-12,14,19-20H,13H2,1-3H3,(H,23,26). The lowest BCUT2D eigenvalue weighted by molar-refractivity contribution is -0.126. The van der Waals surface area contributed by atoms with Gasteiger partial charge in [-0.25, -0.2) is 10.0 Å². The molecule has 2 aromatic rings. The summed E-state index contributed by atoms with van der Waals surface area (Å²) in [6.45, 7) is 4.11. The number of carbonyl (C=O) groups is 2. The van der Waals surface area contributed by atoms with E-state index in [2.05, 4.69) is 19.2 Å². The zero-order chi connectivity index (χ0) is 19.6. The van der Waals surface area contributed by atoms with Crippen LogP contribution in [0.5, 0.6) is 0 Å². The van der Waals surface area contributed by atoms with Gasteiger partial charge in [-0.05, 0) is 35.7 Å². The number of hydrogen-bond donors (Lipinski definition) is 1. The molecule has 1 heterocycles. The van der Waals surface area contributed by atoms with Crippen molar-refractivity contribution < 1.29 is 9.59 Å². The van der Waals surface area contributed by atoms with Crippen molar-refractivity contribution in [3.05, 3.63) is 65.2 Å². The van der Waals surface area contributed by atoms with Gasteiger partial charge in [0, 0.05) is 12.1 Å². The molecule has 0 spiro atoms. The molecule has 0 aromatic heterocycles. The molecule has 5 nitrogen and oxygen atoms in total. The lowest BCUT2D eigenvalue weighted by Crippen LogP contribution is -2.49. The molecule has 6 heteroatoms. The van der Waals surface area contributed by atoms with Gasteiger partial charge in [0.15, 0.2) is 0 Å². The Morgan fingerprint density at radius 2 is 1.74 bits per heavy atom. The number of amides is 2. The molecule has 2 amide bonds. The van der Waals surface area contributed by atoms with E-state index in [0.717, 1.165) is 11.3 Å². The van der Waals surface area contributed by atoms with Gasteiger partial charge in [0.25, 0.3) is 5.91 Å². The summed E-state index contributed by atoms with van der Waals surface area (Å²) < 4.78 is 0. The van der Waals surface area contributed by atoms with Crippen LogP contribution < -0.4 is 10.3 Å². The van der Waals surface area contributed by atoms with E-state index < -0.39 is 6.04 Å². The Morgan fingerprint density at radius 1 is 1.11 bits per heavy atom. The van der Waals surface area contributed by atoms with Gasteiger partial charge in [0.2, 0.25) is 5.91 Å². The second kappa shape index (κ2) is 8.11. The third-order valence-corrected chi connectivity index (χ3v) is 5.09. The number of nitrogens with zero attached hydrogens (tertiary/aromatic N) is 2. The molecular formula is C21H24ClN3O2. The van der Waals surface area contributed by atoms with Gasteiger partial charge in [-0.15, -0.1) is 0 Å². The van der Waals surface area contributed by atoms with Crippen LogP contribution in [0, 0.1) is 5.92 Å². The normalized spacial score (nSPS) is 20.3. The Kier molecular flexibility index (Phi) is 5.82. The van der Waals surface area contributed by atoms with Crippen LogP contribution in [0.15, 0.2) is 54.6 Å². The monoisotopic (exact) mass is 385 g/mol. The van der Waals surface area contributed by atoms with E-state index >= 15 is 0 Å². The number of halogens is 1. The summed E-state index contributed by atoms with van der Waals surface area (Å²) in [4.78, 5) is 25.7. The zero-order valence-corrected chi connectivity index (χ0v) is 16.5. The first-order chi connectivity index (χ1) is 12.9. The number of hydrogen-bond acceptors (Lipinski definition) is 3. The Labute approximate surface area is 164 Å². The van der Waals surface area contributed by atoms with Crippen LogP contribution >= 0.6 is 11.6 Å². The van der Waals surface area contributed by atoms with Crippen LogP contribution in [-0.2, 0) is 16.0 Å². The van der Waals surface area contributed by atoms with Crippen molar-refractivity contribution in [2.75, 3.05) is 12.1 Å². The third kappa shape index (κ3) is 4.15. The molecule has 1 N–H and O–H groups in total. The highest BCUT2D eigenvalue weighted by Gasteiger charge is 2.47. The summed E-state index contributed by atoms with van der Waals surface area (Å²) in [5, 5.41) is 7.16. The number of likely N-dealkylation sites (N-methyl/N-ethyl adjacent to an activating group) is 1. The fourth-order valence-corrected chi connectivity index (χ4v) is 3.76. The largest absolute Gasteiger partial charge is 0.342 e. The smallest absolute Gasteiger partial charge is 0.265 e. The Morgan fingerprint density at radius 3 is 2.33 bits per heavy atom. The third-order valence-electron chi connectivity index (χ3n) is 4.84. The molecule has 0 aliphatic carbocycles. The van der Waals surface area contributed by atoms with Crippen LogP contribution in [0.2, 0.25) is 5.02 Å². The molecule has 0 radical (unpaired) electrons. The first kappa shape index (κ1) is 19.4. The molecule has 1 saturated heterocycles. The summed E-state index contributed by atoms with van der Waals surface area (Å²) in [6.07, 6.45) is 0.209. The first-order valence-electron chi connectivity index (χ1n) is 9.04. The molecule has 1 aliphatic heterocycles. The van der Waals surface area contributed by atoms with Gasteiger partial charge in [0.05, 0.1) is 18.2 Å². The SMILES string of the molecule is CC(C)C1C(NC(=O)Cc2ccc(Cl)cc2)C(=O)N(c2ccccc2)N1C. The van der Waals surface area contributed by atoms with Crippen LogP contribution in [0.1, 0.15) is 19.4 Å². The summed E-state index contributed by atoms with van der Waals surface area (Å²) in [5.74, 6) is -0.106. The van der Waals surface area contributed by atoms with Gasteiger partial charge < -0.3 is 5.32 Å². The number of carbonyl (C=O) groups excluding carboxylic acids is 2. The summed E-state index contributed by atoms with van der Waals surface area (Å²) in [6, 6.07) is 15.9. The maximum atomic E-state index is 13.1. The number of nitrogens with one attached hydrogen (secondary N) is 1. The number of anilines is 1. The molecule has 2 unspecified atom stereocenters. The highest BCUT2D eigenvalue weighted by molar-refractivity contribution is 6.30. The Bertz CT molecular complexity index is 808. The first-order valence-corrected chi connectivity index (χ1v) is 9.42. The Hall–Kier alpha value is -2.37. The minimum absolute atomic E-state index is 0.119. The minimum Gasteiger partial charge on any atom is -0.342 e.